The molecule has 2 fully saturated rings. The van der Waals surface area contributed by atoms with Gasteiger partial charge in [-0.15, -0.1) is 0 Å². The average Bonchev–Trinajstić information content (AvgIpc) is 3.67. The molecule has 1 aliphatic carbocycles. The van der Waals surface area contributed by atoms with Gasteiger partial charge in [-0.25, -0.2) is 15.0 Å². The minimum absolute atomic E-state index is 0.0507. The number of aryl methyl sites for hydroxylation is 1. The van der Waals surface area contributed by atoms with Crippen LogP contribution in [0.5, 0.6) is 11.6 Å². The minimum atomic E-state index is 0.0507. The molecule has 0 radical (unpaired) electrons. The normalized spacial score (nSPS) is 17.9. The number of carbonyl (C=O) groups excluding carboxylic acids is 1. The first-order chi connectivity index (χ1) is 19.0. The third kappa shape index (κ3) is 5.71. The Kier molecular flexibility index (Phi) is 6.87. The van der Waals surface area contributed by atoms with Crippen molar-refractivity contribution in [3.05, 3.63) is 66.5 Å². The lowest BCUT2D eigenvalue weighted by molar-refractivity contribution is -0.117. The standard InChI is InChI=1S/C31H34N6O2/c1-20-10-11-22-23(7-3-9-25(22)36-27(38)18-31(2)13-14-31)28(20)39-29-24(8-5-16-33-29)26-12-17-34-30(37-26)35-21-6-4-15-32-19-21/h3,5,7-12,16-17,21,32H,4,6,13-15,18-19H2,1-2H3,(H,36,38)(H,34,35,37)/t21-/m0/s1. The van der Waals surface area contributed by atoms with Crippen LogP contribution < -0.4 is 20.7 Å². The lowest BCUT2D eigenvalue weighted by Crippen LogP contribution is -2.38. The number of nitrogens with zero attached hydrogens (tertiary/aromatic N) is 3. The van der Waals surface area contributed by atoms with Crippen molar-refractivity contribution < 1.29 is 9.53 Å². The molecule has 1 saturated heterocycles. The number of aromatic nitrogens is 3. The van der Waals surface area contributed by atoms with Crippen molar-refractivity contribution >= 4 is 28.3 Å². The van der Waals surface area contributed by atoms with Crippen molar-refractivity contribution in [1.82, 2.24) is 20.3 Å². The van der Waals surface area contributed by atoms with Gasteiger partial charge in [0.05, 0.1) is 11.3 Å². The molecular formula is C31H34N6O2. The van der Waals surface area contributed by atoms with Crippen LogP contribution in [0.2, 0.25) is 0 Å². The van der Waals surface area contributed by atoms with Crippen molar-refractivity contribution in [2.45, 2.75) is 52.0 Å². The third-order valence-electron chi connectivity index (χ3n) is 7.71. The van der Waals surface area contributed by atoms with Crippen LogP contribution >= 0.6 is 0 Å². The molecule has 39 heavy (non-hydrogen) atoms. The lowest BCUT2D eigenvalue weighted by Gasteiger charge is -2.23. The first kappa shape index (κ1) is 25.2. The molecule has 0 spiro atoms. The third-order valence-corrected chi connectivity index (χ3v) is 7.71. The number of rotatable bonds is 8. The van der Waals surface area contributed by atoms with E-state index in [1.807, 2.05) is 55.5 Å². The Morgan fingerprint density at radius 2 is 1.97 bits per heavy atom. The summed E-state index contributed by atoms with van der Waals surface area (Å²) in [5.74, 6) is 1.82. The monoisotopic (exact) mass is 522 g/mol. The number of ether oxygens (including phenoxy) is 1. The van der Waals surface area contributed by atoms with Crippen LogP contribution in [0.25, 0.3) is 22.0 Å². The van der Waals surface area contributed by atoms with E-state index in [1.54, 1.807) is 12.4 Å². The summed E-state index contributed by atoms with van der Waals surface area (Å²) < 4.78 is 6.53. The zero-order valence-corrected chi connectivity index (χ0v) is 22.5. The second kappa shape index (κ2) is 10.6. The molecule has 3 heterocycles. The molecule has 8 nitrogen and oxygen atoms in total. The molecule has 0 unspecified atom stereocenters. The van der Waals surface area contributed by atoms with Crippen molar-refractivity contribution in [2.75, 3.05) is 23.7 Å². The molecule has 1 saturated carbocycles. The molecular weight excluding hydrogens is 488 g/mol. The van der Waals surface area contributed by atoms with E-state index < -0.39 is 0 Å². The van der Waals surface area contributed by atoms with Crippen LogP contribution in [-0.4, -0.2) is 40.0 Å². The first-order valence-electron chi connectivity index (χ1n) is 13.7. The second-order valence-corrected chi connectivity index (χ2v) is 11.1. The van der Waals surface area contributed by atoms with Gasteiger partial charge in [0.15, 0.2) is 0 Å². The van der Waals surface area contributed by atoms with E-state index in [9.17, 15) is 4.79 Å². The lowest BCUT2D eigenvalue weighted by atomic mass is 10.0. The van der Waals surface area contributed by atoms with Crippen LogP contribution in [0.1, 0.15) is 44.6 Å². The molecule has 8 heteroatoms. The van der Waals surface area contributed by atoms with E-state index in [4.69, 9.17) is 9.72 Å². The van der Waals surface area contributed by atoms with Gasteiger partial charge in [0.25, 0.3) is 0 Å². The van der Waals surface area contributed by atoms with Gasteiger partial charge in [-0.2, -0.15) is 0 Å². The Morgan fingerprint density at radius 3 is 2.79 bits per heavy atom. The van der Waals surface area contributed by atoms with Gasteiger partial charge in [0.1, 0.15) is 5.75 Å². The quantitative estimate of drug-likeness (QED) is 0.258. The predicted octanol–water partition coefficient (Wildman–Crippen LogP) is 6.09. The number of hydrogen-bond acceptors (Lipinski definition) is 7. The molecule has 1 aliphatic heterocycles. The Bertz CT molecular complexity index is 1510. The van der Waals surface area contributed by atoms with E-state index in [0.29, 0.717) is 30.0 Å². The van der Waals surface area contributed by atoms with E-state index in [2.05, 4.69) is 32.8 Å². The van der Waals surface area contributed by atoms with Crippen LogP contribution in [0, 0.1) is 12.3 Å². The number of nitrogens with one attached hydrogen (secondary N) is 3. The van der Waals surface area contributed by atoms with E-state index in [-0.39, 0.29) is 11.3 Å². The predicted molar refractivity (Wildman–Crippen MR) is 154 cm³/mol. The topological polar surface area (TPSA) is 101 Å². The Balaban J connectivity index is 1.29. The Morgan fingerprint density at radius 1 is 1.08 bits per heavy atom. The van der Waals surface area contributed by atoms with Crippen LogP contribution in [0.15, 0.2) is 60.9 Å². The highest BCUT2D eigenvalue weighted by Crippen LogP contribution is 2.48. The average molecular weight is 523 g/mol. The number of anilines is 2. The van der Waals surface area contributed by atoms with Gasteiger partial charge >= 0.3 is 0 Å². The number of carbonyl (C=O) groups is 1. The van der Waals surface area contributed by atoms with Crippen molar-refractivity contribution in [1.29, 1.82) is 0 Å². The Labute approximate surface area is 228 Å². The SMILES string of the molecule is Cc1ccc2c(NC(=O)CC3(C)CC3)cccc2c1Oc1ncccc1-c1ccnc(N[C@H]2CCCNC2)n1. The molecule has 1 atom stereocenters. The molecule has 6 rings (SSSR count). The molecule has 3 N–H and O–H groups in total. The fourth-order valence-electron chi connectivity index (χ4n) is 5.16. The molecule has 2 aromatic carbocycles. The summed E-state index contributed by atoms with van der Waals surface area (Å²) in [5.41, 5.74) is 3.43. The summed E-state index contributed by atoms with van der Waals surface area (Å²) in [6.45, 7) is 6.13. The molecule has 2 aliphatic rings. The molecule has 4 aromatic rings. The number of pyridine rings is 1. The highest BCUT2D eigenvalue weighted by molar-refractivity contribution is 6.04. The smallest absolute Gasteiger partial charge is 0.228 e. The molecule has 1 amide bonds. The summed E-state index contributed by atoms with van der Waals surface area (Å²) in [5, 5.41) is 11.8. The maximum atomic E-state index is 12.7. The maximum Gasteiger partial charge on any atom is 0.228 e. The molecule has 0 bridgehead atoms. The Hall–Kier alpha value is -4.04. The number of fused-ring (bicyclic) bond motifs is 1. The fraction of sp³-hybridized carbons (Fsp3) is 0.355. The van der Waals surface area contributed by atoms with Gasteiger partial charge in [-0.3, -0.25) is 4.79 Å². The zero-order valence-electron chi connectivity index (χ0n) is 22.5. The number of amides is 1. The van der Waals surface area contributed by atoms with Crippen molar-refractivity contribution in [3.63, 3.8) is 0 Å². The number of hydrogen-bond donors (Lipinski definition) is 3. The maximum absolute atomic E-state index is 12.7. The first-order valence-corrected chi connectivity index (χ1v) is 13.7. The number of piperidine rings is 1. The van der Waals surface area contributed by atoms with Crippen LogP contribution in [0.3, 0.4) is 0 Å². The van der Waals surface area contributed by atoms with Gasteiger partial charge in [0, 0.05) is 47.9 Å². The van der Waals surface area contributed by atoms with E-state index >= 15 is 0 Å². The van der Waals surface area contributed by atoms with Gasteiger partial charge < -0.3 is 20.7 Å². The summed E-state index contributed by atoms with van der Waals surface area (Å²) in [6, 6.07) is 16.0. The van der Waals surface area contributed by atoms with E-state index in [0.717, 1.165) is 72.1 Å². The largest absolute Gasteiger partial charge is 0.437 e. The minimum Gasteiger partial charge on any atom is -0.437 e. The van der Waals surface area contributed by atoms with Crippen LogP contribution in [-0.2, 0) is 4.79 Å². The van der Waals surface area contributed by atoms with Gasteiger partial charge in [-0.05, 0) is 74.4 Å². The fourth-order valence-corrected chi connectivity index (χ4v) is 5.16. The van der Waals surface area contributed by atoms with Gasteiger partial charge in [0.2, 0.25) is 17.7 Å². The zero-order chi connectivity index (χ0) is 26.8. The highest BCUT2D eigenvalue weighted by Gasteiger charge is 2.39. The summed E-state index contributed by atoms with van der Waals surface area (Å²) in [7, 11) is 0. The van der Waals surface area contributed by atoms with Crippen LogP contribution in [0.4, 0.5) is 11.6 Å². The summed E-state index contributed by atoms with van der Waals surface area (Å²) in [4.78, 5) is 26.5. The highest BCUT2D eigenvalue weighted by atomic mass is 16.5. The summed E-state index contributed by atoms with van der Waals surface area (Å²) >= 11 is 0. The van der Waals surface area contributed by atoms with Crippen molar-refractivity contribution in [2.24, 2.45) is 5.41 Å². The van der Waals surface area contributed by atoms with E-state index in [1.165, 1.54) is 0 Å². The van der Waals surface area contributed by atoms with Crippen molar-refractivity contribution in [3.8, 4) is 22.9 Å². The summed E-state index contributed by atoms with van der Waals surface area (Å²) in [6.07, 6.45) is 8.47. The van der Waals surface area contributed by atoms with Gasteiger partial charge in [-0.1, -0.05) is 31.2 Å². The molecule has 200 valence electrons. The number of benzene rings is 2. The second-order valence-electron chi connectivity index (χ2n) is 11.1. The molecule has 2 aromatic heterocycles.